The summed E-state index contributed by atoms with van der Waals surface area (Å²) in [4.78, 5) is 12.9. The minimum Gasteiger partial charge on any atom is -0.465 e. The second-order valence-electron chi connectivity index (χ2n) is 7.27. The molecule has 1 aromatic rings. The maximum atomic E-state index is 12.3. The molecule has 1 fully saturated rings. The number of carboxylic acid groups (broad SMARTS) is 1. The second-order valence-corrected chi connectivity index (χ2v) is 8.91. The van der Waals surface area contributed by atoms with Crippen molar-refractivity contribution in [2.75, 3.05) is 13.2 Å². The third-order valence-electron chi connectivity index (χ3n) is 4.78. The molecule has 1 heterocycles. The van der Waals surface area contributed by atoms with Crippen molar-refractivity contribution >= 4 is 16.2 Å². The molecule has 1 aliphatic heterocycles. The summed E-state index contributed by atoms with van der Waals surface area (Å²) in [6.07, 6.45) is 0.251. The number of rotatable bonds is 5. The van der Waals surface area contributed by atoms with Crippen LogP contribution in [0.4, 0.5) is 4.79 Å². The van der Waals surface area contributed by atoms with Gasteiger partial charge in [0.25, 0.3) is 10.1 Å². The fourth-order valence-corrected chi connectivity index (χ4v) is 4.37. The smallest absolute Gasteiger partial charge is 0.407 e. The summed E-state index contributed by atoms with van der Waals surface area (Å²) in [6.45, 7) is 6.00. The molecule has 0 bridgehead atoms. The maximum Gasteiger partial charge on any atom is 0.407 e. The van der Waals surface area contributed by atoms with Crippen LogP contribution in [0.25, 0.3) is 0 Å². The van der Waals surface area contributed by atoms with Crippen LogP contribution in [0.3, 0.4) is 0 Å². The Kier molecular flexibility index (Phi) is 5.25. The van der Waals surface area contributed by atoms with Gasteiger partial charge in [-0.25, -0.2) is 4.79 Å². The summed E-state index contributed by atoms with van der Waals surface area (Å²) in [5.74, 6) is -0.221. The van der Waals surface area contributed by atoms with Crippen molar-refractivity contribution in [1.82, 2.24) is 4.90 Å². The Labute approximate surface area is 143 Å². The zero-order chi connectivity index (χ0) is 18.0. The van der Waals surface area contributed by atoms with Crippen molar-refractivity contribution in [2.45, 2.75) is 44.9 Å². The van der Waals surface area contributed by atoms with Crippen LogP contribution in [-0.4, -0.2) is 43.2 Å². The Morgan fingerprint density at radius 2 is 1.92 bits per heavy atom. The summed E-state index contributed by atoms with van der Waals surface area (Å²) < 4.78 is 29.9. The number of carbonyl (C=O) groups is 1. The number of hydrogen-bond donors (Lipinski definition) is 1. The minimum absolute atomic E-state index is 0.155. The fourth-order valence-electron chi connectivity index (χ4n) is 3.31. The highest BCUT2D eigenvalue weighted by atomic mass is 32.2. The number of nitrogens with zero attached hydrogens (tertiary/aromatic N) is 1. The van der Waals surface area contributed by atoms with Gasteiger partial charge in [0.2, 0.25) is 0 Å². The van der Waals surface area contributed by atoms with E-state index in [1.54, 1.807) is 24.3 Å². The van der Waals surface area contributed by atoms with E-state index in [-0.39, 0.29) is 12.4 Å². The van der Waals surface area contributed by atoms with Gasteiger partial charge in [0.05, 0.1) is 12.1 Å². The largest absolute Gasteiger partial charge is 0.465 e. The van der Waals surface area contributed by atoms with Gasteiger partial charge in [-0.15, -0.1) is 0 Å². The zero-order valence-corrected chi connectivity index (χ0v) is 15.2. The van der Waals surface area contributed by atoms with Gasteiger partial charge in [-0.3, -0.25) is 9.08 Å². The van der Waals surface area contributed by atoms with Gasteiger partial charge in [-0.05, 0) is 23.8 Å². The van der Waals surface area contributed by atoms with E-state index in [0.717, 1.165) is 0 Å². The molecule has 1 atom stereocenters. The van der Waals surface area contributed by atoms with Crippen molar-refractivity contribution in [3.05, 3.63) is 35.9 Å². The summed E-state index contributed by atoms with van der Waals surface area (Å²) in [5, 5.41) is 9.50. The van der Waals surface area contributed by atoms with Gasteiger partial charge in [0.15, 0.2) is 0 Å². The number of amides is 1. The van der Waals surface area contributed by atoms with Gasteiger partial charge < -0.3 is 5.11 Å². The number of likely N-dealkylation sites (tertiary alicyclic amines) is 1. The standard InChI is InChI=1S/C17H25NO5S/c1-16(2,3)17(10-7-11-18(17)15(19)20)13-23-24(21,22)12-14-8-5-4-6-9-14/h4-6,8-9H,7,10-13H2,1-3H3,(H,19,20). The average molecular weight is 355 g/mol. The first kappa shape index (κ1) is 18.7. The summed E-state index contributed by atoms with van der Waals surface area (Å²) in [5.41, 5.74) is -0.643. The zero-order valence-electron chi connectivity index (χ0n) is 14.4. The molecule has 1 aliphatic rings. The van der Waals surface area contributed by atoms with E-state index >= 15 is 0 Å². The van der Waals surface area contributed by atoms with Crippen LogP contribution in [-0.2, 0) is 20.1 Å². The molecule has 2 rings (SSSR count). The molecule has 0 spiro atoms. The van der Waals surface area contributed by atoms with Gasteiger partial charge in [-0.1, -0.05) is 51.1 Å². The SMILES string of the molecule is CC(C)(C)C1(COS(=O)(=O)Cc2ccccc2)CCCN1C(=O)O. The van der Waals surface area contributed by atoms with E-state index in [1.165, 1.54) is 4.90 Å². The van der Waals surface area contributed by atoms with Crippen molar-refractivity contribution < 1.29 is 22.5 Å². The van der Waals surface area contributed by atoms with E-state index in [1.807, 2.05) is 26.8 Å². The maximum absolute atomic E-state index is 12.3. The van der Waals surface area contributed by atoms with Crippen LogP contribution in [0.5, 0.6) is 0 Å². The Balaban J connectivity index is 2.18. The Bertz CT molecular complexity index is 681. The van der Waals surface area contributed by atoms with Crippen molar-refractivity contribution in [1.29, 1.82) is 0 Å². The second kappa shape index (κ2) is 6.72. The number of benzene rings is 1. The van der Waals surface area contributed by atoms with E-state index in [0.29, 0.717) is 24.9 Å². The summed E-state index contributed by atoms with van der Waals surface area (Å²) in [7, 11) is -3.79. The van der Waals surface area contributed by atoms with Gasteiger partial charge in [-0.2, -0.15) is 8.42 Å². The van der Waals surface area contributed by atoms with E-state index < -0.39 is 27.2 Å². The van der Waals surface area contributed by atoms with E-state index in [2.05, 4.69) is 0 Å². The molecule has 0 radical (unpaired) electrons. The number of hydrogen-bond acceptors (Lipinski definition) is 4. The predicted octanol–water partition coefficient (Wildman–Crippen LogP) is 3.09. The molecular formula is C17H25NO5S. The molecule has 7 heteroatoms. The third kappa shape index (κ3) is 3.89. The van der Waals surface area contributed by atoms with E-state index in [9.17, 15) is 18.3 Å². The van der Waals surface area contributed by atoms with Crippen molar-refractivity contribution in [3.8, 4) is 0 Å². The Hall–Kier alpha value is -1.60. The highest BCUT2D eigenvalue weighted by molar-refractivity contribution is 7.85. The predicted molar refractivity (Wildman–Crippen MR) is 91.2 cm³/mol. The van der Waals surface area contributed by atoms with Gasteiger partial charge in [0.1, 0.15) is 5.75 Å². The average Bonchev–Trinajstić information content (AvgIpc) is 2.91. The first-order chi connectivity index (χ1) is 11.1. The lowest BCUT2D eigenvalue weighted by molar-refractivity contribution is -0.00211. The topological polar surface area (TPSA) is 83.9 Å². The normalized spacial score (nSPS) is 21.9. The lowest BCUT2D eigenvalue weighted by Crippen LogP contribution is -2.58. The van der Waals surface area contributed by atoms with Crippen LogP contribution in [0.15, 0.2) is 30.3 Å². The molecule has 0 aliphatic carbocycles. The van der Waals surface area contributed by atoms with Crippen LogP contribution in [0, 0.1) is 5.41 Å². The van der Waals surface area contributed by atoms with Crippen molar-refractivity contribution in [2.24, 2.45) is 5.41 Å². The fraction of sp³-hybridized carbons (Fsp3) is 0.588. The van der Waals surface area contributed by atoms with Crippen LogP contribution < -0.4 is 0 Å². The molecule has 134 valence electrons. The molecular weight excluding hydrogens is 330 g/mol. The monoisotopic (exact) mass is 355 g/mol. The highest BCUT2D eigenvalue weighted by Crippen LogP contribution is 2.44. The van der Waals surface area contributed by atoms with Crippen LogP contribution >= 0.6 is 0 Å². The lowest BCUT2D eigenvalue weighted by Gasteiger charge is -2.46. The molecule has 0 aromatic heterocycles. The lowest BCUT2D eigenvalue weighted by atomic mass is 9.72. The molecule has 1 unspecified atom stereocenters. The third-order valence-corrected chi connectivity index (χ3v) is 5.94. The minimum atomic E-state index is -3.79. The summed E-state index contributed by atoms with van der Waals surface area (Å²) >= 11 is 0. The highest BCUT2D eigenvalue weighted by Gasteiger charge is 2.52. The first-order valence-electron chi connectivity index (χ1n) is 7.99. The van der Waals surface area contributed by atoms with Crippen LogP contribution in [0.1, 0.15) is 39.2 Å². The van der Waals surface area contributed by atoms with Gasteiger partial charge >= 0.3 is 6.09 Å². The Morgan fingerprint density at radius 1 is 1.29 bits per heavy atom. The van der Waals surface area contributed by atoms with Crippen molar-refractivity contribution in [3.63, 3.8) is 0 Å². The van der Waals surface area contributed by atoms with E-state index in [4.69, 9.17) is 4.18 Å². The van der Waals surface area contributed by atoms with Crippen LogP contribution in [0.2, 0.25) is 0 Å². The first-order valence-corrected chi connectivity index (χ1v) is 9.57. The molecule has 24 heavy (non-hydrogen) atoms. The summed E-state index contributed by atoms with van der Waals surface area (Å²) in [6, 6.07) is 8.79. The molecule has 1 saturated heterocycles. The quantitative estimate of drug-likeness (QED) is 0.821. The Morgan fingerprint density at radius 3 is 2.46 bits per heavy atom. The molecule has 1 amide bonds. The molecule has 1 N–H and O–H groups in total. The molecule has 6 nitrogen and oxygen atoms in total. The van der Waals surface area contributed by atoms with Gasteiger partial charge in [0, 0.05) is 6.54 Å². The molecule has 1 aromatic carbocycles. The molecule has 0 saturated carbocycles.